The van der Waals surface area contributed by atoms with Gasteiger partial charge in [0.15, 0.2) is 0 Å². The summed E-state index contributed by atoms with van der Waals surface area (Å²) >= 11 is 9.35. The summed E-state index contributed by atoms with van der Waals surface area (Å²) in [5.41, 5.74) is 0.843. The average molecular weight is 465 g/mol. The molecule has 0 N–H and O–H groups in total. The third kappa shape index (κ3) is 3.58. The summed E-state index contributed by atoms with van der Waals surface area (Å²) in [6.07, 6.45) is 1.74. The van der Waals surface area contributed by atoms with E-state index in [2.05, 4.69) is 31.5 Å². The predicted octanol–water partition coefficient (Wildman–Crippen LogP) is 3.15. The number of rotatable bonds is 5. The molecule has 0 bridgehead atoms. The lowest BCUT2D eigenvalue weighted by molar-refractivity contribution is 0.290. The summed E-state index contributed by atoms with van der Waals surface area (Å²) in [5, 5.41) is 12.2. The number of nitrogens with zero attached hydrogens (tertiary/aromatic N) is 6. The maximum atomic E-state index is 12.5. The van der Waals surface area contributed by atoms with Gasteiger partial charge in [-0.15, -0.1) is 5.10 Å². The van der Waals surface area contributed by atoms with Gasteiger partial charge >= 0.3 is 5.69 Å². The maximum absolute atomic E-state index is 12.5. The number of aryl methyl sites for hydroxylation is 1. The standard InChI is InChI=1S/C18H14BrClN6O2/c1-24-18(27)26(23-22-24)16-4-2-3-15(19)14(16)11-28-17-9-10-25(21-17)13-7-5-12(20)6-8-13/h2-10H,11H2,1H3/i1D3. The molecule has 0 fully saturated rings. The lowest BCUT2D eigenvalue weighted by atomic mass is 10.2. The molecule has 2 aromatic carbocycles. The van der Waals surface area contributed by atoms with Gasteiger partial charge in [-0.1, -0.05) is 33.6 Å². The van der Waals surface area contributed by atoms with E-state index in [1.54, 1.807) is 47.3 Å². The first-order valence-corrected chi connectivity index (χ1v) is 9.19. The van der Waals surface area contributed by atoms with Crippen LogP contribution < -0.4 is 10.4 Å². The van der Waals surface area contributed by atoms with Crippen molar-refractivity contribution in [1.82, 2.24) is 29.6 Å². The Morgan fingerprint density at radius 3 is 2.75 bits per heavy atom. The third-order valence-corrected chi connectivity index (χ3v) is 4.92. The van der Waals surface area contributed by atoms with Gasteiger partial charge in [0, 0.05) is 38.4 Å². The highest BCUT2D eigenvalue weighted by molar-refractivity contribution is 9.10. The maximum Gasteiger partial charge on any atom is 0.368 e. The Hall–Kier alpha value is -2.91. The summed E-state index contributed by atoms with van der Waals surface area (Å²) in [4.78, 5) is 12.5. The topological polar surface area (TPSA) is 79.8 Å². The molecule has 0 aliphatic carbocycles. The van der Waals surface area contributed by atoms with Crippen molar-refractivity contribution in [2.75, 3.05) is 0 Å². The Morgan fingerprint density at radius 1 is 1.18 bits per heavy atom. The van der Waals surface area contributed by atoms with Crippen molar-refractivity contribution in [3.05, 3.63) is 80.3 Å². The van der Waals surface area contributed by atoms with Crippen LogP contribution in [0.25, 0.3) is 11.4 Å². The Bertz CT molecular complexity index is 1280. The Kier molecular flexibility index (Phi) is 4.09. The van der Waals surface area contributed by atoms with Crippen molar-refractivity contribution in [3.8, 4) is 17.3 Å². The molecule has 0 unspecified atom stereocenters. The van der Waals surface area contributed by atoms with Crippen LogP contribution in [0.3, 0.4) is 0 Å². The predicted molar refractivity (Wildman–Crippen MR) is 107 cm³/mol. The molecule has 4 aromatic rings. The van der Waals surface area contributed by atoms with Crippen LogP contribution >= 0.6 is 27.5 Å². The summed E-state index contributed by atoms with van der Waals surface area (Å²) in [6.45, 7) is -2.69. The molecule has 0 spiro atoms. The first-order valence-electron chi connectivity index (χ1n) is 9.52. The van der Waals surface area contributed by atoms with Crippen molar-refractivity contribution >= 4 is 27.5 Å². The molecule has 0 radical (unpaired) electrons. The zero-order valence-corrected chi connectivity index (χ0v) is 16.5. The average Bonchev–Trinajstić information content (AvgIpc) is 3.34. The van der Waals surface area contributed by atoms with Gasteiger partial charge in [-0.05, 0) is 46.8 Å². The normalized spacial score (nSPS) is 13.0. The molecular weight excluding hydrogens is 448 g/mol. The van der Waals surface area contributed by atoms with Crippen molar-refractivity contribution in [2.24, 2.45) is 6.98 Å². The summed E-state index contributed by atoms with van der Waals surface area (Å²) in [7, 11) is 0. The second-order valence-corrected chi connectivity index (χ2v) is 6.98. The molecule has 0 amide bonds. The Morgan fingerprint density at radius 2 is 2.00 bits per heavy atom. The number of benzene rings is 2. The highest BCUT2D eigenvalue weighted by atomic mass is 79.9. The van der Waals surface area contributed by atoms with E-state index in [4.69, 9.17) is 20.5 Å². The molecule has 28 heavy (non-hydrogen) atoms. The van der Waals surface area contributed by atoms with E-state index >= 15 is 0 Å². The fourth-order valence-electron chi connectivity index (χ4n) is 2.55. The van der Waals surface area contributed by atoms with E-state index in [0.29, 0.717) is 31.3 Å². The van der Waals surface area contributed by atoms with Crippen molar-refractivity contribution in [3.63, 3.8) is 0 Å². The smallest absolute Gasteiger partial charge is 0.368 e. The van der Waals surface area contributed by atoms with Crippen LogP contribution in [0.4, 0.5) is 0 Å². The minimum absolute atomic E-state index is 0.0431. The van der Waals surface area contributed by atoms with Crippen molar-refractivity contribution < 1.29 is 8.85 Å². The molecule has 142 valence electrons. The first-order chi connectivity index (χ1) is 14.7. The third-order valence-electron chi connectivity index (χ3n) is 3.92. The molecule has 8 nitrogen and oxygen atoms in total. The number of hydrogen-bond acceptors (Lipinski definition) is 5. The molecule has 4 rings (SSSR count). The van der Waals surface area contributed by atoms with Crippen LogP contribution in [0.15, 0.2) is 64.0 Å². The Balaban J connectivity index is 1.60. The zero-order chi connectivity index (χ0) is 22.2. The monoisotopic (exact) mass is 463 g/mol. The number of halogens is 2. The lowest BCUT2D eigenvalue weighted by Gasteiger charge is -2.10. The highest BCUT2D eigenvalue weighted by Crippen LogP contribution is 2.24. The minimum Gasteiger partial charge on any atom is -0.472 e. The number of tetrazole rings is 1. The quantitative estimate of drug-likeness (QED) is 0.453. The summed E-state index contributed by atoms with van der Waals surface area (Å²) in [5.74, 6) is 0.357. The Labute approximate surface area is 177 Å². The van der Waals surface area contributed by atoms with Gasteiger partial charge in [-0.3, -0.25) is 0 Å². The molecule has 0 saturated heterocycles. The number of ether oxygens (including phenoxy) is 1. The second-order valence-electron chi connectivity index (χ2n) is 5.69. The largest absolute Gasteiger partial charge is 0.472 e. The molecular formula is C18H14BrClN6O2. The molecule has 0 aliphatic rings. The van der Waals surface area contributed by atoms with Gasteiger partial charge in [0.25, 0.3) is 0 Å². The van der Waals surface area contributed by atoms with Gasteiger partial charge in [0.05, 0.1) is 11.4 Å². The van der Waals surface area contributed by atoms with Gasteiger partial charge < -0.3 is 4.74 Å². The fraction of sp³-hybridized carbons (Fsp3) is 0.111. The van der Waals surface area contributed by atoms with Crippen molar-refractivity contribution in [1.29, 1.82) is 0 Å². The van der Waals surface area contributed by atoms with E-state index in [1.165, 1.54) is 0 Å². The van der Waals surface area contributed by atoms with Crippen LogP contribution in [0.5, 0.6) is 5.88 Å². The van der Waals surface area contributed by atoms with Crippen LogP contribution in [0.1, 0.15) is 9.68 Å². The van der Waals surface area contributed by atoms with Gasteiger partial charge in [-0.2, -0.15) is 9.36 Å². The second kappa shape index (κ2) is 7.61. The van der Waals surface area contributed by atoms with Crippen LogP contribution in [-0.2, 0) is 13.6 Å². The van der Waals surface area contributed by atoms with Crippen molar-refractivity contribution in [2.45, 2.75) is 6.61 Å². The van der Waals surface area contributed by atoms with E-state index in [1.807, 2.05) is 12.1 Å². The molecule has 2 heterocycles. The number of hydrogen-bond donors (Lipinski definition) is 0. The van der Waals surface area contributed by atoms with Gasteiger partial charge in [0.1, 0.15) is 6.61 Å². The highest BCUT2D eigenvalue weighted by Gasteiger charge is 2.15. The van der Waals surface area contributed by atoms with Gasteiger partial charge in [0.2, 0.25) is 5.88 Å². The molecule has 10 heteroatoms. The molecule has 0 saturated carbocycles. The molecule has 2 aromatic heterocycles. The fourth-order valence-corrected chi connectivity index (χ4v) is 3.15. The first kappa shape index (κ1) is 15.1. The van der Waals surface area contributed by atoms with E-state index in [9.17, 15) is 4.79 Å². The van der Waals surface area contributed by atoms with Gasteiger partial charge in [-0.25, -0.2) is 9.48 Å². The molecule has 0 aliphatic heterocycles. The summed E-state index contributed by atoms with van der Waals surface area (Å²) in [6, 6.07) is 14.0. The lowest BCUT2D eigenvalue weighted by Crippen LogP contribution is -2.23. The van der Waals surface area contributed by atoms with E-state index < -0.39 is 12.7 Å². The van der Waals surface area contributed by atoms with Crippen LogP contribution in [0.2, 0.25) is 5.02 Å². The van der Waals surface area contributed by atoms with Crippen LogP contribution in [-0.4, -0.2) is 29.6 Å². The SMILES string of the molecule is [2H]C([2H])([2H])n1nnn(-c2cccc(Br)c2COc2ccn(-c3ccc(Cl)cc3)n2)c1=O. The van der Waals surface area contributed by atoms with Crippen LogP contribution in [0, 0.1) is 0 Å². The zero-order valence-electron chi connectivity index (χ0n) is 17.2. The molecule has 0 atom stereocenters. The minimum atomic E-state index is -2.73. The van der Waals surface area contributed by atoms with E-state index in [-0.39, 0.29) is 6.61 Å². The van der Waals surface area contributed by atoms with E-state index in [0.717, 1.165) is 10.4 Å². The summed E-state index contributed by atoms with van der Waals surface area (Å²) < 4.78 is 31.5. The number of aromatic nitrogens is 6.